The summed E-state index contributed by atoms with van der Waals surface area (Å²) in [5.74, 6) is -0.805. The lowest BCUT2D eigenvalue weighted by Crippen LogP contribution is -2.29. The number of aliphatic carboxylic acids is 1. The number of carbonyl (C=O) groups excluding carboxylic acids is 1. The molecule has 5 heteroatoms. The van der Waals surface area contributed by atoms with Crippen LogP contribution in [0.25, 0.3) is 0 Å². The Balaban J connectivity index is 1.97. The SMILES string of the molecule is O=C(O)CNC(=O)c1cccc(OC2CCCC2)c1. The van der Waals surface area contributed by atoms with E-state index in [-0.39, 0.29) is 12.6 Å². The van der Waals surface area contributed by atoms with Crippen LogP contribution in [0, 0.1) is 0 Å². The molecule has 0 atom stereocenters. The van der Waals surface area contributed by atoms with Crippen LogP contribution in [0.1, 0.15) is 36.0 Å². The van der Waals surface area contributed by atoms with Gasteiger partial charge in [-0.25, -0.2) is 0 Å². The molecule has 0 aromatic heterocycles. The Hall–Kier alpha value is -2.04. The molecule has 1 amide bonds. The summed E-state index contributed by atoms with van der Waals surface area (Å²) < 4.78 is 5.80. The average molecular weight is 263 g/mol. The monoisotopic (exact) mass is 263 g/mol. The minimum atomic E-state index is -1.06. The smallest absolute Gasteiger partial charge is 0.322 e. The number of carboxylic acid groups (broad SMARTS) is 1. The molecule has 1 fully saturated rings. The first kappa shape index (κ1) is 13.4. The second-order valence-electron chi connectivity index (χ2n) is 4.63. The lowest BCUT2D eigenvalue weighted by atomic mass is 10.2. The van der Waals surface area contributed by atoms with Crippen LogP contribution in [0.4, 0.5) is 0 Å². The van der Waals surface area contributed by atoms with Gasteiger partial charge in [0.25, 0.3) is 5.91 Å². The molecule has 2 N–H and O–H groups in total. The molecule has 0 aliphatic heterocycles. The predicted molar refractivity (Wildman–Crippen MR) is 69.3 cm³/mol. The van der Waals surface area contributed by atoms with Crippen LogP contribution in [0.2, 0.25) is 0 Å². The van der Waals surface area contributed by atoms with Crippen LogP contribution in [0.15, 0.2) is 24.3 Å². The highest BCUT2D eigenvalue weighted by Gasteiger charge is 2.17. The van der Waals surface area contributed by atoms with Crippen molar-refractivity contribution >= 4 is 11.9 Å². The van der Waals surface area contributed by atoms with Crippen molar-refractivity contribution < 1.29 is 19.4 Å². The fourth-order valence-corrected chi connectivity index (χ4v) is 2.17. The minimum Gasteiger partial charge on any atom is -0.490 e. The van der Waals surface area contributed by atoms with Gasteiger partial charge in [0.05, 0.1) is 6.10 Å². The number of hydrogen-bond donors (Lipinski definition) is 2. The van der Waals surface area contributed by atoms with Crippen LogP contribution < -0.4 is 10.1 Å². The van der Waals surface area contributed by atoms with E-state index in [4.69, 9.17) is 9.84 Å². The molecular weight excluding hydrogens is 246 g/mol. The van der Waals surface area contributed by atoms with E-state index in [0.29, 0.717) is 11.3 Å². The van der Waals surface area contributed by atoms with Gasteiger partial charge in [0.15, 0.2) is 0 Å². The van der Waals surface area contributed by atoms with Gasteiger partial charge in [-0.05, 0) is 43.9 Å². The van der Waals surface area contributed by atoms with Gasteiger partial charge in [-0.1, -0.05) is 6.07 Å². The molecule has 19 heavy (non-hydrogen) atoms. The van der Waals surface area contributed by atoms with E-state index in [0.717, 1.165) is 12.8 Å². The Morgan fingerprint density at radius 3 is 2.74 bits per heavy atom. The Bertz CT molecular complexity index is 466. The van der Waals surface area contributed by atoms with Crippen molar-refractivity contribution in [2.24, 2.45) is 0 Å². The van der Waals surface area contributed by atoms with E-state index < -0.39 is 11.9 Å². The van der Waals surface area contributed by atoms with Crippen molar-refractivity contribution in [1.82, 2.24) is 5.32 Å². The Morgan fingerprint density at radius 2 is 2.05 bits per heavy atom. The van der Waals surface area contributed by atoms with Gasteiger partial charge in [-0.15, -0.1) is 0 Å². The van der Waals surface area contributed by atoms with Crippen LogP contribution in [-0.2, 0) is 4.79 Å². The minimum absolute atomic E-state index is 0.234. The molecule has 1 saturated carbocycles. The quantitative estimate of drug-likeness (QED) is 0.849. The fraction of sp³-hybridized carbons (Fsp3) is 0.429. The van der Waals surface area contributed by atoms with Crippen LogP contribution in [0.5, 0.6) is 5.75 Å². The van der Waals surface area contributed by atoms with E-state index in [2.05, 4.69) is 5.32 Å². The third-order valence-corrected chi connectivity index (χ3v) is 3.10. The molecular formula is C14H17NO4. The third-order valence-electron chi connectivity index (χ3n) is 3.10. The summed E-state index contributed by atoms with van der Waals surface area (Å²) in [5, 5.41) is 10.8. The lowest BCUT2D eigenvalue weighted by Gasteiger charge is -2.13. The number of nitrogens with one attached hydrogen (secondary N) is 1. The summed E-state index contributed by atoms with van der Waals surface area (Å²) in [5.41, 5.74) is 0.414. The maximum Gasteiger partial charge on any atom is 0.322 e. The molecule has 102 valence electrons. The van der Waals surface area contributed by atoms with Gasteiger partial charge in [0, 0.05) is 5.56 Å². The van der Waals surface area contributed by atoms with E-state index in [1.165, 1.54) is 12.8 Å². The molecule has 0 unspecified atom stereocenters. The van der Waals surface area contributed by atoms with Crippen molar-refractivity contribution in [2.45, 2.75) is 31.8 Å². The normalized spacial score (nSPS) is 15.2. The summed E-state index contributed by atoms with van der Waals surface area (Å²) in [6, 6.07) is 6.83. The van der Waals surface area contributed by atoms with Crippen LogP contribution >= 0.6 is 0 Å². The molecule has 0 saturated heterocycles. The van der Waals surface area contributed by atoms with E-state index in [9.17, 15) is 9.59 Å². The van der Waals surface area contributed by atoms with Crippen molar-refractivity contribution in [2.75, 3.05) is 6.54 Å². The Morgan fingerprint density at radius 1 is 1.32 bits per heavy atom. The summed E-state index contributed by atoms with van der Waals surface area (Å²) in [6.45, 7) is -0.382. The van der Waals surface area contributed by atoms with Gasteiger partial charge in [-0.3, -0.25) is 9.59 Å². The highest BCUT2D eigenvalue weighted by atomic mass is 16.5. The van der Waals surface area contributed by atoms with E-state index >= 15 is 0 Å². The molecule has 1 aromatic rings. The second-order valence-corrected chi connectivity index (χ2v) is 4.63. The maximum atomic E-state index is 11.7. The summed E-state index contributed by atoms with van der Waals surface area (Å²) in [7, 11) is 0. The van der Waals surface area contributed by atoms with Crippen molar-refractivity contribution in [3.63, 3.8) is 0 Å². The predicted octanol–water partition coefficient (Wildman–Crippen LogP) is 1.82. The molecule has 5 nitrogen and oxygen atoms in total. The first-order valence-electron chi connectivity index (χ1n) is 6.42. The van der Waals surface area contributed by atoms with E-state index in [1.807, 2.05) is 6.07 Å². The molecule has 0 heterocycles. The van der Waals surface area contributed by atoms with Crippen LogP contribution in [-0.4, -0.2) is 29.6 Å². The zero-order chi connectivity index (χ0) is 13.7. The number of rotatable bonds is 5. The van der Waals surface area contributed by atoms with E-state index in [1.54, 1.807) is 18.2 Å². The fourth-order valence-electron chi connectivity index (χ4n) is 2.17. The first-order valence-corrected chi connectivity index (χ1v) is 6.42. The van der Waals surface area contributed by atoms with Crippen molar-refractivity contribution in [3.8, 4) is 5.75 Å². The third kappa shape index (κ3) is 3.98. The number of carboxylic acids is 1. The maximum absolute atomic E-state index is 11.7. The van der Waals surface area contributed by atoms with Gasteiger partial charge in [-0.2, -0.15) is 0 Å². The molecule has 2 rings (SSSR count). The van der Waals surface area contributed by atoms with Gasteiger partial charge in [0.1, 0.15) is 12.3 Å². The largest absolute Gasteiger partial charge is 0.490 e. The van der Waals surface area contributed by atoms with Gasteiger partial charge < -0.3 is 15.2 Å². The van der Waals surface area contributed by atoms with Crippen molar-refractivity contribution in [3.05, 3.63) is 29.8 Å². The molecule has 1 aromatic carbocycles. The lowest BCUT2D eigenvalue weighted by molar-refractivity contribution is -0.135. The molecule has 0 spiro atoms. The summed E-state index contributed by atoms with van der Waals surface area (Å²) >= 11 is 0. The molecule has 1 aliphatic carbocycles. The number of hydrogen-bond acceptors (Lipinski definition) is 3. The molecule has 0 bridgehead atoms. The highest BCUT2D eigenvalue weighted by Crippen LogP contribution is 2.24. The highest BCUT2D eigenvalue weighted by molar-refractivity contribution is 5.96. The average Bonchev–Trinajstić information content (AvgIpc) is 2.89. The Labute approximate surface area is 111 Å². The van der Waals surface area contributed by atoms with Crippen molar-refractivity contribution in [1.29, 1.82) is 0 Å². The number of benzene rings is 1. The topological polar surface area (TPSA) is 75.6 Å². The van der Waals surface area contributed by atoms with Gasteiger partial charge >= 0.3 is 5.97 Å². The summed E-state index contributed by atoms with van der Waals surface area (Å²) in [4.78, 5) is 22.1. The zero-order valence-corrected chi connectivity index (χ0v) is 10.6. The number of ether oxygens (including phenoxy) is 1. The van der Waals surface area contributed by atoms with Crippen LogP contribution in [0.3, 0.4) is 0 Å². The number of carbonyl (C=O) groups is 2. The first-order chi connectivity index (χ1) is 9.15. The van der Waals surface area contributed by atoms with Gasteiger partial charge in [0.2, 0.25) is 0 Å². The Kier molecular flexibility index (Phi) is 4.39. The molecule has 0 radical (unpaired) electrons. The zero-order valence-electron chi connectivity index (χ0n) is 10.6. The standard InChI is InChI=1S/C14H17NO4/c16-13(17)9-15-14(18)10-4-3-7-12(8-10)19-11-5-1-2-6-11/h3-4,7-8,11H,1-2,5-6,9H2,(H,15,18)(H,16,17). The summed E-state index contributed by atoms with van der Waals surface area (Å²) in [6.07, 6.45) is 4.70. The number of amides is 1. The second kappa shape index (κ2) is 6.22. The molecule has 1 aliphatic rings.